The van der Waals surface area contributed by atoms with Crippen LogP contribution in [0.5, 0.6) is 0 Å². The summed E-state index contributed by atoms with van der Waals surface area (Å²) >= 11 is 0. The fraction of sp³-hybridized carbons (Fsp3) is 0.400. The van der Waals surface area contributed by atoms with Crippen LogP contribution in [0.1, 0.15) is 42.7 Å². The summed E-state index contributed by atoms with van der Waals surface area (Å²) in [6, 6.07) is 3.56. The smallest absolute Gasteiger partial charge is 0.201 e. The topological polar surface area (TPSA) is 52.0 Å². The molecular weight excluding hydrogens is 240 g/mol. The monoisotopic (exact) mass is 258 g/mol. The molecule has 2 aromatic heterocycles. The van der Waals surface area contributed by atoms with Crippen molar-refractivity contribution in [1.82, 2.24) is 9.55 Å². The highest BCUT2D eigenvalue weighted by molar-refractivity contribution is 5.98. The van der Waals surface area contributed by atoms with E-state index in [1.54, 1.807) is 18.3 Å². The molecule has 100 valence electrons. The van der Waals surface area contributed by atoms with Crippen LogP contribution in [0.2, 0.25) is 0 Å². The van der Waals surface area contributed by atoms with E-state index in [0.29, 0.717) is 24.0 Å². The van der Waals surface area contributed by atoms with Crippen LogP contribution >= 0.6 is 0 Å². The Balaban J connectivity index is 2.76. The number of pyridine rings is 2. The van der Waals surface area contributed by atoms with Crippen molar-refractivity contribution < 1.29 is 4.79 Å². The Morgan fingerprint density at radius 3 is 2.68 bits per heavy atom. The average molecular weight is 258 g/mol. The Labute approximate surface area is 112 Å². The summed E-state index contributed by atoms with van der Waals surface area (Å²) in [5, 5.41) is 0.523. The molecule has 2 heterocycles. The van der Waals surface area contributed by atoms with E-state index >= 15 is 0 Å². The molecule has 0 aliphatic carbocycles. The van der Waals surface area contributed by atoms with Gasteiger partial charge >= 0.3 is 0 Å². The second kappa shape index (κ2) is 5.34. The molecule has 0 atom stereocenters. The second-order valence-electron chi connectivity index (χ2n) is 4.65. The van der Waals surface area contributed by atoms with E-state index in [1.807, 2.05) is 25.3 Å². The van der Waals surface area contributed by atoms with Crippen LogP contribution in [-0.4, -0.2) is 15.3 Å². The molecule has 0 aliphatic heterocycles. The van der Waals surface area contributed by atoms with Gasteiger partial charge in [-0.3, -0.25) is 9.59 Å². The molecule has 0 unspecified atom stereocenters. The maximum Gasteiger partial charge on any atom is 0.201 e. The summed E-state index contributed by atoms with van der Waals surface area (Å²) in [5.41, 5.74) is 1.59. The molecule has 2 rings (SSSR count). The van der Waals surface area contributed by atoms with Crippen molar-refractivity contribution in [2.75, 3.05) is 0 Å². The Hall–Kier alpha value is -1.97. The fourth-order valence-electron chi connectivity index (χ4n) is 2.16. The van der Waals surface area contributed by atoms with Crippen LogP contribution in [0.15, 0.2) is 23.1 Å². The van der Waals surface area contributed by atoms with Gasteiger partial charge in [0.1, 0.15) is 5.65 Å². The number of rotatable bonds is 4. The van der Waals surface area contributed by atoms with Gasteiger partial charge in [-0.05, 0) is 32.4 Å². The minimum Gasteiger partial charge on any atom is -0.332 e. The molecule has 2 aromatic rings. The molecule has 0 saturated heterocycles. The summed E-state index contributed by atoms with van der Waals surface area (Å²) in [6.45, 7) is 6.48. The van der Waals surface area contributed by atoms with Crippen LogP contribution in [0, 0.1) is 6.92 Å². The minimum atomic E-state index is -0.203. The predicted molar refractivity (Wildman–Crippen MR) is 75.7 cm³/mol. The second-order valence-corrected chi connectivity index (χ2v) is 4.65. The Morgan fingerprint density at radius 1 is 1.32 bits per heavy atom. The zero-order valence-electron chi connectivity index (χ0n) is 11.6. The SMILES string of the molecule is CCCC(=O)c1cn(CC)c2nc(C)ccc2c1=O. The lowest BCUT2D eigenvalue weighted by molar-refractivity contribution is 0.0980. The van der Waals surface area contributed by atoms with Crippen molar-refractivity contribution in [3.63, 3.8) is 0 Å². The lowest BCUT2D eigenvalue weighted by atomic mass is 10.1. The first-order chi connectivity index (χ1) is 9.08. The first kappa shape index (κ1) is 13.5. The van der Waals surface area contributed by atoms with Crippen molar-refractivity contribution in [1.29, 1.82) is 0 Å². The van der Waals surface area contributed by atoms with Gasteiger partial charge in [-0.1, -0.05) is 6.92 Å². The third-order valence-corrected chi connectivity index (χ3v) is 3.18. The third-order valence-electron chi connectivity index (χ3n) is 3.18. The van der Waals surface area contributed by atoms with Crippen molar-refractivity contribution >= 4 is 16.8 Å². The number of fused-ring (bicyclic) bond motifs is 1. The number of aryl methyl sites for hydroxylation is 2. The molecule has 0 fully saturated rings. The predicted octanol–water partition coefficient (Wildman–Crippen LogP) is 2.71. The van der Waals surface area contributed by atoms with Gasteiger partial charge < -0.3 is 4.57 Å². The summed E-state index contributed by atoms with van der Waals surface area (Å²) in [6.07, 6.45) is 2.80. The molecule has 4 nitrogen and oxygen atoms in total. The van der Waals surface area contributed by atoms with E-state index < -0.39 is 0 Å². The number of nitrogens with zero attached hydrogens (tertiary/aromatic N) is 2. The lowest BCUT2D eigenvalue weighted by Crippen LogP contribution is -2.19. The van der Waals surface area contributed by atoms with Crippen LogP contribution < -0.4 is 5.43 Å². The highest BCUT2D eigenvalue weighted by Gasteiger charge is 2.15. The first-order valence-electron chi connectivity index (χ1n) is 6.62. The molecular formula is C15H18N2O2. The van der Waals surface area contributed by atoms with E-state index in [9.17, 15) is 9.59 Å². The minimum absolute atomic E-state index is 0.0859. The average Bonchev–Trinajstić information content (AvgIpc) is 2.39. The summed E-state index contributed by atoms with van der Waals surface area (Å²) in [4.78, 5) is 28.8. The largest absolute Gasteiger partial charge is 0.332 e. The standard InChI is InChI=1S/C15H18N2O2/c1-4-6-13(18)12-9-17(5-2)15-11(14(12)19)8-7-10(3)16-15/h7-9H,4-6H2,1-3H3. The highest BCUT2D eigenvalue weighted by atomic mass is 16.1. The van der Waals surface area contributed by atoms with E-state index in [1.165, 1.54) is 0 Å². The zero-order chi connectivity index (χ0) is 14.0. The molecule has 0 bridgehead atoms. The van der Waals surface area contributed by atoms with Crippen molar-refractivity contribution in [2.45, 2.75) is 40.2 Å². The Bertz CT molecular complexity index is 686. The zero-order valence-corrected chi connectivity index (χ0v) is 11.6. The number of hydrogen-bond acceptors (Lipinski definition) is 3. The van der Waals surface area contributed by atoms with Gasteiger partial charge in [-0.15, -0.1) is 0 Å². The number of carbonyl (C=O) groups is 1. The molecule has 0 aromatic carbocycles. The maximum atomic E-state index is 12.4. The molecule has 0 N–H and O–H groups in total. The molecule has 0 aliphatic rings. The van der Waals surface area contributed by atoms with Gasteiger partial charge in [0.25, 0.3) is 0 Å². The van der Waals surface area contributed by atoms with Crippen LogP contribution in [-0.2, 0) is 6.54 Å². The van der Waals surface area contributed by atoms with E-state index in [-0.39, 0.29) is 16.8 Å². The Kier molecular flexibility index (Phi) is 3.79. The maximum absolute atomic E-state index is 12.4. The van der Waals surface area contributed by atoms with Gasteiger partial charge in [0.2, 0.25) is 5.43 Å². The fourth-order valence-corrected chi connectivity index (χ4v) is 2.16. The van der Waals surface area contributed by atoms with Crippen molar-refractivity contribution in [3.05, 3.63) is 39.8 Å². The van der Waals surface area contributed by atoms with Gasteiger partial charge in [-0.2, -0.15) is 0 Å². The van der Waals surface area contributed by atoms with E-state index in [4.69, 9.17) is 0 Å². The van der Waals surface area contributed by atoms with Crippen molar-refractivity contribution in [2.24, 2.45) is 0 Å². The highest BCUT2D eigenvalue weighted by Crippen LogP contribution is 2.12. The molecule has 19 heavy (non-hydrogen) atoms. The number of Topliss-reactive ketones (excluding diaryl/α,β-unsaturated/α-hetero) is 1. The lowest BCUT2D eigenvalue weighted by Gasteiger charge is -2.10. The summed E-state index contributed by atoms with van der Waals surface area (Å²) < 4.78 is 1.87. The normalized spacial score (nSPS) is 10.9. The molecule has 4 heteroatoms. The summed E-state index contributed by atoms with van der Waals surface area (Å²) in [5.74, 6) is -0.0859. The molecule has 0 spiro atoms. The third kappa shape index (κ3) is 2.43. The number of hydrogen-bond donors (Lipinski definition) is 0. The Morgan fingerprint density at radius 2 is 2.05 bits per heavy atom. The van der Waals surface area contributed by atoms with Crippen LogP contribution in [0.4, 0.5) is 0 Å². The van der Waals surface area contributed by atoms with Crippen LogP contribution in [0.25, 0.3) is 11.0 Å². The summed E-state index contributed by atoms with van der Waals surface area (Å²) in [7, 11) is 0. The van der Waals surface area contributed by atoms with E-state index in [2.05, 4.69) is 4.98 Å². The first-order valence-corrected chi connectivity index (χ1v) is 6.62. The van der Waals surface area contributed by atoms with Gasteiger partial charge in [-0.25, -0.2) is 4.98 Å². The quantitative estimate of drug-likeness (QED) is 0.792. The van der Waals surface area contributed by atoms with Gasteiger partial charge in [0, 0.05) is 24.9 Å². The van der Waals surface area contributed by atoms with Gasteiger partial charge in [0.15, 0.2) is 5.78 Å². The van der Waals surface area contributed by atoms with Crippen molar-refractivity contribution in [3.8, 4) is 0 Å². The van der Waals surface area contributed by atoms with Crippen LogP contribution in [0.3, 0.4) is 0 Å². The number of carbonyl (C=O) groups excluding carboxylic acids is 1. The van der Waals surface area contributed by atoms with E-state index in [0.717, 1.165) is 12.1 Å². The molecule has 0 amide bonds. The molecule has 0 saturated carbocycles. The molecule has 0 radical (unpaired) electrons. The number of aromatic nitrogens is 2. The van der Waals surface area contributed by atoms with Gasteiger partial charge in [0.05, 0.1) is 10.9 Å². The number of ketones is 1.